The summed E-state index contributed by atoms with van der Waals surface area (Å²) in [4.78, 5) is 7.16. The first kappa shape index (κ1) is 21.1. The molecular weight excluding hydrogens is 396 g/mol. The molecule has 1 aliphatic heterocycles. The molecule has 0 saturated heterocycles. The second-order valence-electron chi connectivity index (χ2n) is 7.45. The topological polar surface area (TPSA) is 66.2 Å². The van der Waals surface area contributed by atoms with Gasteiger partial charge in [-0.3, -0.25) is 4.90 Å². The van der Waals surface area contributed by atoms with E-state index in [1.807, 2.05) is 37.3 Å². The number of hydrogen-bond donors (Lipinski definition) is 0. The number of para-hydroxylation sites is 1. The molecule has 1 aliphatic rings. The fraction of sp³-hybridized carbons (Fsp3) is 0.375. The van der Waals surface area contributed by atoms with Crippen LogP contribution in [0, 0.1) is 6.92 Å². The quantitative estimate of drug-likeness (QED) is 0.579. The van der Waals surface area contributed by atoms with E-state index in [1.54, 1.807) is 21.3 Å². The van der Waals surface area contributed by atoms with E-state index in [4.69, 9.17) is 28.3 Å². The third-order valence-corrected chi connectivity index (χ3v) is 5.44. The minimum absolute atomic E-state index is 0.546. The van der Waals surface area contributed by atoms with E-state index < -0.39 is 0 Å². The van der Waals surface area contributed by atoms with Gasteiger partial charge in [0.05, 0.1) is 39.2 Å². The van der Waals surface area contributed by atoms with Gasteiger partial charge in [0.1, 0.15) is 17.3 Å². The summed E-state index contributed by atoms with van der Waals surface area (Å²) in [6, 6.07) is 11.6. The number of aromatic nitrogens is 1. The number of hydrogen-bond acceptors (Lipinski definition) is 7. The van der Waals surface area contributed by atoms with Crippen molar-refractivity contribution in [3.63, 3.8) is 0 Å². The Bertz CT molecular complexity index is 1050. The Kier molecular flexibility index (Phi) is 6.32. The number of nitrogens with zero attached hydrogens (tertiary/aromatic N) is 2. The Balaban J connectivity index is 1.58. The molecule has 3 aromatic rings. The van der Waals surface area contributed by atoms with E-state index in [-0.39, 0.29) is 0 Å². The smallest absolute Gasteiger partial charge is 0.230 e. The molecule has 2 aromatic carbocycles. The molecule has 4 rings (SSSR count). The van der Waals surface area contributed by atoms with Crippen molar-refractivity contribution in [1.29, 1.82) is 0 Å². The zero-order valence-corrected chi connectivity index (χ0v) is 18.4. The Hall–Kier alpha value is -3.19. The van der Waals surface area contributed by atoms with Gasteiger partial charge in [0.25, 0.3) is 0 Å². The van der Waals surface area contributed by atoms with Crippen LogP contribution in [-0.2, 0) is 13.1 Å². The van der Waals surface area contributed by atoms with Crippen LogP contribution in [0.5, 0.6) is 23.0 Å². The van der Waals surface area contributed by atoms with Crippen LogP contribution in [0.15, 0.2) is 40.8 Å². The van der Waals surface area contributed by atoms with Crippen LogP contribution >= 0.6 is 0 Å². The van der Waals surface area contributed by atoms with Crippen molar-refractivity contribution in [3.8, 4) is 34.5 Å². The van der Waals surface area contributed by atoms with E-state index in [0.717, 1.165) is 59.3 Å². The van der Waals surface area contributed by atoms with Gasteiger partial charge < -0.3 is 23.4 Å². The van der Waals surface area contributed by atoms with Crippen molar-refractivity contribution < 1.29 is 23.4 Å². The molecule has 31 heavy (non-hydrogen) atoms. The molecule has 0 unspecified atom stereocenters. The van der Waals surface area contributed by atoms with Crippen molar-refractivity contribution >= 4 is 0 Å². The summed E-state index contributed by atoms with van der Waals surface area (Å²) >= 11 is 0. The summed E-state index contributed by atoms with van der Waals surface area (Å²) < 4.78 is 28.3. The second-order valence-corrected chi connectivity index (χ2v) is 7.45. The van der Waals surface area contributed by atoms with Crippen molar-refractivity contribution in [3.05, 3.63) is 53.4 Å². The first-order chi connectivity index (χ1) is 15.1. The normalized spacial score (nSPS) is 14.2. The molecule has 0 fully saturated rings. The van der Waals surface area contributed by atoms with Gasteiger partial charge in [-0.1, -0.05) is 12.1 Å². The summed E-state index contributed by atoms with van der Waals surface area (Å²) in [6.45, 7) is 4.94. The summed E-state index contributed by atoms with van der Waals surface area (Å²) in [5.41, 5.74) is 2.82. The van der Waals surface area contributed by atoms with Crippen LogP contribution in [-0.4, -0.2) is 44.4 Å². The molecule has 0 aliphatic carbocycles. The fourth-order valence-corrected chi connectivity index (χ4v) is 3.80. The molecule has 164 valence electrons. The minimum Gasteiger partial charge on any atom is -0.497 e. The largest absolute Gasteiger partial charge is 0.497 e. The van der Waals surface area contributed by atoms with Crippen molar-refractivity contribution in [2.75, 3.05) is 34.5 Å². The van der Waals surface area contributed by atoms with Crippen molar-refractivity contribution in [2.24, 2.45) is 0 Å². The van der Waals surface area contributed by atoms with Crippen LogP contribution in [0.2, 0.25) is 0 Å². The number of methoxy groups -OCH3 is 3. The Morgan fingerprint density at radius 2 is 1.87 bits per heavy atom. The molecule has 0 radical (unpaired) electrons. The van der Waals surface area contributed by atoms with Crippen LogP contribution in [0.25, 0.3) is 11.5 Å². The van der Waals surface area contributed by atoms with Gasteiger partial charge in [-0.25, -0.2) is 4.98 Å². The van der Waals surface area contributed by atoms with E-state index in [2.05, 4.69) is 11.0 Å². The number of rotatable bonds is 6. The predicted molar refractivity (Wildman–Crippen MR) is 117 cm³/mol. The average molecular weight is 424 g/mol. The lowest BCUT2D eigenvalue weighted by molar-refractivity contribution is 0.193. The van der Waals surface area contributed by atoms with Gasteiger partial charge in [-0.15, -0.1) is 0 Å². The zero-order valence-electron chi connectivity index (χ0n) is 18.4. The highest BCUT2D eigenvalue weighted by atomic mass is 16.5. The lowest BCUT2D eigenvalue weighted by Gasteiger charge is -2.26. The molecule has 7 heteroatoms. The Morgan fingerprint density at radius 1 is 1.03 bits per heavy atom. The Morgan fingerprint density at radius 3 is 2.65 bits per heavy atom. The van der Waals surface area contributed by atoms with Gasteiger partial charge in [0, 0.05) is 31.3 Å². The fourth-order valence-electron chi connectivity index (χ4n) is 3.80. The number of ether oxygens (including phenoxy) is 4. The molecule has 0 spiro atoms. The van der Waals surface area contributed by atoms with E-state index >= 15 is 0 Å². The van der Waals surface area contributed by atoms with Gasteiger partial charge in [0.15, 0.2) is 11.5 Å². The van der Waals surface area contributed by atoms with Gasteiger partial charge in [-0.05, 0) is 31.5 Å². The third kappa shape index (κ3) is 4.46. The zero-order chi connectivity index (χ0) is 21.8. The van der Waals surface area contributed by atoms with Crippen LogP contribution in [0.1, 0.15) is 23.4 Å². The molecule has 0 amide bonds. The Labute approximate surface area is 182 Å². The summed E-state index contributed by atoms with van der Waals surface area (Å²) in [5, 5.41) is 0. The number of benzene rings is 2. The van der Waals surface area contributed by atoms with Crippen LogP contribution in [0.3, 0.4) is 0 Å². The highest BCUT2D eigenvalue weighted by Gasteiger charge is 2.21. The van der Waals surface area contributed by atoms with Gasteiger partial charge in [0.2, 0.25) is 5.89 Å². The number of aryl methyl sites for hydroxylation is 1. The number of fused-ring (bicyclic) bond motifs is 1. The minimum atomic E-state index is 0.546. The molecule has 0 bridgehead atoms. The van der Waals surface area contributed by atoms with E-state index in [1.165, 1.54) is 0 Å². The first-order valence-electron chi connectivity index (χ1n) is 10.3. The maximum Gasteiger partial charge on any atom is 0.230 e. The molecular formula is C24H28N2O5. The molecule has 1 aromatic heterocycles. The first-order valence-corrected chi connectivity index (χ1v) is 10.3. The van der Waals surface area contributed by atoms with Crippen molar-refractivity contribution in [2.45, 2.75) is 26.4 Å². The third-order valence-electron chi connectivity index (χ3n) is 5.44. The maximum absolute atomic E-state index is 6.02. The van der Waals surface area contributed by atoms with Crippen molar-refractivity contribution in [1.82, 2.24) is 9.88 Å². The van der Waals surface area contributed by atoms with Gasteiger partial charge in [-0.2, -0.15) is 0 Å². The lowest BCUT2D eigenvalue weighted by atomic mass is 10.1. The van der Waals surface area contributed by atoms with Crippen LogP contribution < -0.4 is 18.9 Å². The summed E-state index contributed by atoms with van der Waals surface area (Å²) in [6.07, 6.45) is 0.924. The number of oxazole rings is 1. The maximum atomic E-state index is 6.02. The highest BCUT2D eigenvalue weighted by molar-refractivity contribution is 5.65. The van der Waals surface area contributed by atoms with E-state index in [9.17, 15) is 0 Å². The average Bonchev–Trinajstić information content (AvgIpc) is 3.14. The van der Waals surface area contributed by atoms with Crippen LogP contribution in [0.4, 0.5) is 0 Å². The molecule has 0 N–H and O–H groups in total. The molecule has 0 atom stereocenters. The monoisotopic (exact) mass is 424 g/mol. The predicted octanol–water partition coefficient (Wildman–Crippen LogP) is 4.46. The molecule has 7 nitrogen and oxygen atoms in total. The summed E-state index contributed by atoms with van der Waals surface area (Å²) in [7, 11) is 4.93. The standard InChI is InChI=1S/C24H28N2O5/c1-16-20(25-24(31-16)19-10-9-18(27-2)13-22(19)29-4)15-26-11-6-12-30-23-17(14-26)7-5-8-21(23)28-3/h5,7-10,13H,6,11-12,14-15H2,1-4H3. The second kappa shape index (κ2) is 9.31. The summed E-state index contributed by atoms with van der Waals surface area (Å²) in [5.74, 6) is 4.33. The van der Waals surface area contributed by atoms with E-state index in [0.29, 0.717) is 24.8 Å². The lowest BCUT2D eigenvalue weighted by Crippen LogP contribution is -2.28. The molecule has 2 heterocycles. The van der Waals surface area contributed by atoms with Gasteiger partial charge >= 0.3 is 0 Å². The highest BCUT2D eigenvalue weighted by Crippen LogP contribution is 2.35. The molecule has 0 saturated carbocycles. The SMILES string of the molecule is COc1ccc(-c2nc(CN3CCCOc4c(cccc4OC)C3)c(C)o2)c(OC)c1.